The van der Waals surface area contributed by atoms with Gasteiger partial charge in [-0.25, -0.2) is 9.59 Å². The standard InChI is InChI=1S/2C7H9NO5/c2*1-12-4-7(11)13-8-5(9)2-3-6(8)10/h2*2-4H2,1H3. The van der Waals surface area contributed by atoms with Crippen molar-refractivity contribution in [2.45, 2.75) is 25.7 Å². The van der Waals surface area contributed by atoms with Gasteiger partial charge in [0.15, 0.2) is 0 Å². The number of carbonyl (C=O) groups is 6. The van der Waals surface area contributed by atoms with Gasteiger partial charge in [-0.2, -0.15) is 0 Å². The van der Waals surface area contributed by atoms with Crippen LogP contribution < -0.4 is 0 Å². The monoisotopic (exact) mass is 374 g/mol. The molecule has 2 aliphatic rings. The smallest absolute Gasteiger partial charge is 0.358 e. The van der Waals surface area contributed by atoms with Crippen LogP contribution in [0.2, 0.25) is 0 Å². The lowest BCUT2D eigenvalue weighted by atomic mass is 10.4. The van der Waals surface area contributed by atoms with Gasteiger partial charge in [0.25, 0.3) is 23.6 Å². The van der Waals surface area contributed by atoms with Gasteiger partial charge in [0, 0.05) is 39.9 Å². The highest BCUT2D eigenvalue weighted by Crippen LogP contribution is 2.12. The minimum Gasteiger partial charge on any atom is -0.373 e. The second-order valence-electron chi connectivity index (χ2n) is 4.96. The van der Waals surface area contributed by atoms with Crippen LogP contribution in [0, 0.1) is 0 Å². The first kappa shape index (κ1) is 21.2. The number of amides is 4. The van der Waals surface area contributed by atoms with Crippen molar-refractivity contribution in [2.24, 2.45) is 0 Å². The maximum absolute atomic E-state index is 10.9. The van der Waals surface area contributed by atoms with Gasteiger partial charge >= 0.3 is 11.9 Å². The fourth-order valence-corrected chi connectivity index (χ4v) is 1.81. The van der Waals surface area contributed by atoms with Crippen molar-refractivity contribution in [2.75, 3.05) is 27.4 Å². The van der Waals surface area contributed by atoms with E-state index in [9.17, 15) is 28.8 Å². The Balaban J connectivity index is 0.000000260. The van der Waals surface area contributed by atoms with E-state index >= 15 is 0 Å². The molecule has 144 valence electrons. The van der Waals surface area contributed by atoms with Crippen molar-refractivity contribution in [1.82, 2.24) is 10.1 Å². The van der Waals surface area contributed by atoms with Crippen molar-refractivity contribution in [3.8, 4) is 0 Å². The van der Waals surface area contributed by atoms with Gasteiger partial charge < -0.3 is 19.1 Å². The molecular formula is C14H18N2O10. The number of imide groups is 2. The Morgan fingerprint density at radius 2 is 0.962 bits per heavy atom. The van der Waals surface area contributed by atoms with Crippen LogP contribution in [0.3, 0.4) is 0 Å². The normalized spacial score (nSPS) is 16.5. The first-order valence-electron chi connectivity index (χ1n) is 7.41. The van der Waals surface area contributed by atoms with Gasteiger partial charge in [-0.1, -0.05) is 0 Å². The second kappa shape index (κ2) is 10.2. The maximum Gasteiger partial charge on any atom is 0.358 e. The molecule has 0 bridgehead atoms. The Kier molecular flexibility index (Phi) is 8.31. The van der Waals surface area contributed by atoms with Crippen molar-refractivity contribution in [3.05, 3.63) is 0 Å². The van der Waals surface area contributed by atoms with Crippen molar-refractivity contribution in [1.29, 1.82) is 0 Å². The van der Waals surface area contributed by atoms with Gasteiger partial charge in [-0.15, -0.1) is 10.1 Å². The first-order valence-corrected chi connectivity index (χ1v) is 7.41. The third-order valence-electron chi connectivity index (χ3n) is 2.92. The van der Waals surface area contributed by atoms with Crippen LogP contribution in [-0.4, -0.2) is 73.1 Å². The number of carbonyl (C=O) groups excluding carboxylic acids is 6. The maximum atomic E-state index is 10.9. The molecule has 0 unspecified atom stereocenters. The fraction of sp³-hybridized carbons (Fsp3) is 0.571. The average molecular weight is 374 g/mol. The van der Waals surface area contributed by atoms with Crippen LogP contribution in [-0.2, 0) is 47.9 Å². The number of rotatable bonds is 6. The molecule has 2 fully saturated rings. The Morgan fingerprint density at radius 3 is 1.19 bits per heavy atom. The minimum atomic E-state index is -0.758. The van der Waals surface area contributed by atoms with E-state index in [1.807, 2.05) is 0 Å². The van der Waals surface area contributed by atoms with Crippen LogP contribution in [0.4, 0.5) is 0 Å². The van der Waals surface area contributed by atoms with E-state index < -0.39 is 35.6 Å². The summed E-state index contributed by atoms with van der Waals surface area (Å²) in [6.45, 7) is -0.561. The molecule has 12 heteroatoms. The Labute approximate surface area is 147 Å². The zero-order valence-corrected chi connectivity index (χ0v) is 14.2. The molecule has 0 aromatic heterocycles. The van der Waals surface area contributed by atoms with E-state index in [2.05, 4.69) is 19.1 Å². The lowest BCUT2D eigenvalue weighted by Crippen LogP contribution is -2.33. The van der Waals surface area contributed by atoms with E-state index in [0.29, 0.717) is 10.1 Å². The fourth-order valence-electron chi connectivity index (χ4n) is 1.81. The van der Waals surface area contributed by atoms with E-state index in [-0.39, 0.29) is 38.9 Å². The molecule has 2 aliphatic heterocycles. The Bertz CT molecular complexity index is 519. The largest absolute Gasteiger partial charge is 0.373 e. The highest BCUT2D eigenvalue weighted by molar-refractivity contribution is 6.02. The van der Waals surface area contributed by atoms with Gasteiger partial charge in [0.05, 0.1) is 0 Å². The van der Waals surface area contributed by atoms with Gasteiger partial charge in [-0.3, -0.25) is 19.2 Å². The molecule has 4 amide bonds. The molecule has 0 radical (unpaired) electrons. The SMILES string of the molecule is COCC(=O)ON1C(=O)CCC1=O.COCC(=O)ON1C(=O)CCC1=O. The van der Waals surface area contributed by atoms with Gasteiger partial charge in [0.1, 0.15) is 13.2 Å². The molecule has 12 nitrogen and oxygen atoms in total. The molecule has 0 aliphatic carbocycles. The molecule has 0 aromatic carbocycles. The van der Waals surface area contributed by atoms with E-state index in [1.54, 1.807) is 0 Å². The van der Waals surface area contributed by atoms with Crippen LogP contribution in [0.15, 0.2) is 0 Å². The molecule has 0 spiro atoms. The van der Waals surface area contributed by atoms with E-state index in [1.165, 1.54) is 14.2 Å². The lowest BCUT2D eigenvalue weighted by Gasteiger charge is -2.11. The third-order valence-corrected chi connectivity index (χ3v) is 2.92. The predicted molar refractivity (Wildman–Crippen MR) is 78.1 cm³/mol. The molecule has 0 aromatic rings. The summed E-state index contributed by atoms with van der Waals surface area (Å²) >= 11 is 0. The van der Waals surface area contributed by atoms with Gasteiger partial charge in [0.2, 0.25) is 0 Å². The van der Waals surface area contributed by atoms with Crippen molar-refractivity contribution >= 4 is 35.6 Å². The average Bonchev–Trinajstić information content (AvgIpc) is 3.06. The number of methoxy groups -OCH3 is 2. The van der Waals surface area contributed by atoms with E-state index in [4.69, 9.17) is 0 Å². The quantitative estimate of drug-likeness (QED) is 0.502. The summed E-state index contributed by atoms with van der Waals surface area (Å²) in [5, 5.41) is 0.975. The third kappa shape index (κ3) is 6.22. The van der Waals surface area contributed by atoms with Crippen LogP contribution in [0.5, 0.6) is 0 Å². The summed E-state index contributed by atoms with van der Waals surface area (Å²) in [7, 11) is 2.63. The zero-order valence-electron chi connectivity index (χ0n) is 14.2. The predicted octanol–water partition coefficient (Wildman–Crippen LogP) is -1.52. The summed E-state index contributed by atoms with van der Waals surface area (Å²) in [6, 6.07) is 0. The molecule has 2 heterocycles. The second-order valence-corrected chi connectivity index (χ2v) is 4.96. The van der Waals surface area contributed by atoms with Crippen LogP contribution >= 0.6 is 0 Å². The van der Waals surface area contributed by atoms with Crippen molar-refractivity contribution < 1.29 is 47.9 Å². The molecule has 2 rings (SSSR count). The number of ether oxygens (including phenoxy) is 2. The highest BCUT2D eigenvalue weighted by atomic mass is 16.7. The first-order chi connectivity index (χ1) is 12.3. The van der Waals surface area contributed by atoms with Crippen LogP contribution in [0.25, 0.3) is 0 Å². The van der Waals surface area contributed by atoms with Gasteiger partial charge in [-0.05, 0) is 0 Å². The van der Waals surface area contributed by atoms with Crippen molar-refractivity contribution in [3.63, 3.8) is 0 Å². The lowest BCUT2D eigenvalue weighted by molar-refractivity contribution is -0.199. The summed E-state index contributed by atoms with van der Waals surface area (Å²) in [5.41, 5.74) is 0. The molecule has 0 saturated carbocycles. The summed E-state index contributed by atoms with van der Waals surface area (Å²) in [6.07, 6.45) is 0.385. The Hall–Kier alpha value is -2.86. The highest BCUT2D eigenvalue weighted by Gasteiger charge is 2.33. The summed E-state index contributed by atoms with van der Waals surface area (Å²) < 4.78 is 8.92. The van der Waals surface area contributed by atoms with Crippen LogP contribution in [0.1, 0.15) is 25.7 Å². The topological polar surface area (TPSA) is 146 Å². The molecule has 26 heavy (non-hydrogen) atoms. The molecule has 2 saturated heterocycles. The Morgan fingerprint density at radius 1 is 0.692 bits per heavy atom. The molecular weight excluding hydrogens is 356 g/mol. The zero-order chi connectivity index (χ0) is 19.7. The summed E-state index contributed by atoms with van der Waals surface area (Å²) in [5.74, 6) is -3.48. The number of hydroxylamine groups is 4. The summed E-state index contributed by atoms with van der Waals surface area (Å²) in [4.78, 5) is 74.1. The number of nitrogens with zero attached hydrogens (tertiary/aromatic N) is 2. The minimum absolute atomic E-state index is 0.0963. The number of hydrogen-bond acceptors (Lipinski definition) is 10. The number of hydrogen-bond donors (Lipinski definition) is 0. The molecule has 0 atom stereocenters. The van der Waals surface area contributed by atoms with E-state index in [0.717, 1.165) is 0 Å². The molecule has 0 N–H and O–H groups in total.